The number of H-pyrrole nitrogens is 1. The van der Waals surface area contributed by atoms with Crippen LogP contribution in [0.2, 0.25) is 0 Å². The summed E-state index contributed by atoms with van der Waals surface area (Å²) in [5.74, 6) is 0.591. The second kappa shape index (κ2) is 7.60. The zero-order valence-corrected chi connectivity index (χ0v) is 13.7. The van der Waals surface area contributed by atoms with Gasteiger partial charge >= 0.3 is 6.09 Å². The van der Waals surface area contributed by atoms with Gasteiger partial charge in [-0.1, -0.05) is 0 Å². The zero-order chi connectivity index (χ0) is 16.0. The lowest BCUT2D eigenvalue weighted by Crippen LogP contribution is -2.30. The van der Waals surface area contributed by atoms with Gasteiger partial charge in [-0.05, 0) is 53.1 Å². The Morgan fingerprint density at radius 1 is 1.41 bits per heavy atom. The summed E-state index contributed by atoms with van der Waals surface area (Å²) < 4.78 is 5.25. The zero-order valence-electron chi connectivity index (χ0n) is 13.7. The molecule has 0 bridgehead atoms. The Labute approximate surface area is 131 Å². The lowest BCUT2D eigenvalue weighted by molar-refractivity contribution is 0.0635. The summed E-state index contributed by atoms with van der Waals surface area (Å²) in [6.45, 7) is 8.32. The van der Waals surface area contributed by atoms with E-state index in [0.717, 1.165) is 25.1 Å². The topological polar surface area (TPSA) is 91.1 Å². The molecule has 1 unspecified atom stereocenters. The monoisotopic (exact) mass is 309 g/mol. The first kappa shape index (κ1) is 16.8. The van der Waals surface area contributed by atoms with Crippen molar-refractivity contribution in [2.75, 3.05) is 18.4 Å². The summed E-state index contributed by atoms with van der Waals surface area (Å²) in [4.78, 5) is 11.8. The molecule has 4 N–H and O–H groups in total. The summed E-state index contributed by atoms with van der Waals surface area (Å²) in [5, 5.41) is 16.5. The predicted molar refractivity (Wildman–Crippen MR) is 85.8 cm³/mol. The minimum atomic E-state index is -0.518. The van der Waals surface area contributed by atoms with E-state index in [-0.39, 0.29) is 0 Å². The van der Waals surface area contributed by atoms with Gasteiger partial charge in [-0.3, -0.25) is 10.4 Å². The summed E-state index contributed by atoms with van der Waals surface area (Å²) >= 11 is 0. The number of nitrogens with zero attached hydrogens (tertiary/aromatic N) is 1. The molecule has 2 rings (SSSR count). The molecule has 1 aromatic heterocycles. The molecule has 0 aromatic carbocycles. The van der Waals surface area contributed by atoms with Gasteiger partial charge < -0.3 is 15.4 Å². The fourth-order valence-electron chi connectivity index (χ4n) is 2.44. The minimum absolute atomic E-state index is 0.475. The maximum Gasteiger partial charge on any atom is 0.413 e. The van der Waals surface area contributed by atoms with Gasteiger partial charge in [0.25, 0.3) is 0 Å². The van der Waals surface area contributed by atoms with E-state index in [0.29, 0.717) is 18.4 Å². The van der Waals surface area contributed by atoms with E-state index in [9.17, 15) is 4.79 Å². The summed E-state index contributed by atoms with van der Waals surface area (Å²) in [6, 6.07) is 0.499. The first-order valence-corrected chi connectivity index (χ1v) is 7.90. The first-order valence-electron chi connectivity index (χ1n) is 7.90. The molecule has 1 aliphatic heterocycles. The SMILES string of the molecule is CC(C)(C)OC(=O)Nc1[nH]ncc1CNC1CCCNCC1. The number of aromatic nitrogens is 2. The second-order valence-electron chi connectivity index (χ2n) is 6.66. The van der Waals surface area contributed by atoms with Gasteiger partial charge in [0, 0.05) is 18.2 Å². The Bertz CT molecular complexity index is 473. The highest BCUT2D eigenvalue weighted by atomic mass is 16.6. The Morgan fingerprint density at radius 2 is 2.23 bits per heavy atom. The van der Waals surface area contributed by atoms with Crippen LogP contribution in [0.4, 0.5) is 10.6 Å². The van der Waals surface area contributed by atoms with E-state index >= 15 is 0 Å². The molecular formula is C15H27N5O2. The van der Waals surface area contributed by atoms with Crippen LogP contribution in [0.15, 0.2) is 6.20 Å². The molecule has 1 aromatic rings. The standard InChI is InChI=1S/C15H27N5O2/c1-15(2,3)22-14(21)19-13-11(10-18-20-13)9-17-12-5-4-7-16-8-6-12/h10,12,16-17H,4-9H2,1-3H3,(H2,18,19,20,21). The molecule has 0 saturated carbocycles. The van der Waals surface area contributed by atoms with Gasteiger partial charge in [-0.15, -0.1) is 0 Å². The number of ether oxygens (including phenoxy) is 1. The second-order valence-corrected chi connectivity index (χ2v) is 6.66. The van der Waals surface area contributed by atoms with Crippen molar-refractivity contribution in [3.05, 3.63) is 11.8 Å². The Kier molecular flexibility index (Phi) is 5.79. The van der Waals surface area contributed by atoms with Crippen LogP contribution in [-0.4, -0.2) is 41.0 Å². The molecule has 1 atom stereocenters. The van der Waals surface area contributed by atoms with Gasteiger partial charge in [-0.25, -0.2) is 4.79 Å². The highest BCUT2D eigenvalue weighted by molar-refractivity contribution is 5.84. The average molecular weight is 309 g/mol. The maximum atomic E-state index is 11.8. The molecule has 7 nitrogen and oxygen atoms in total. The molecule has 124 valence electrons. The maximum absolute atomic E-state index is 11.8. The number of nitrogens with one attached hydrogen (secondary N) is 4. The van der Waals surface area contributed by atoms with E-state index in [1.54, 1.807) is 6.20 Å². The quantitative estimate of drug-likeness (QED) is 0.683. The lowest BCUT2D eigenvalue weighted by atomic mass is 10.1. The van der Waals surface area contributed by atoms with Crippen molar-refractivity contribution in [1.29, 1.82) is 0 Å². The third-order valence-electron chi connectivity index (χ3n) is 3.50. The van der Waals surface area contributed by atoms with Crippen molar-refractivity contribution in [2.45, 2.75) is 58.2 Å². The number of carbonyl (C=O) groups is 1. The number of hydrogen-bond donors (Lipinski definition) is 4. The van der Waals surface area contributed by atoms with Crippen LogP contribution in [0.1, 0.15) is 45.6 Å². The van der Waals surface area contributed by atoms with Gasteiger partial charge in [0.1, 0.15) is 11.4 Å². The number of amides is 1. The van der Waals surface area contributed by atoms with E-state index < -0.39 is 11.7 Å². The highest BCUT2D eigenvalue weighted by Crippen LogP contribution is 2.15. The van der Waals surface area contributed by atoms with Crippen LogP contribution in [0.5, 0.6) is 0 Å². The van der Waals surface area contributed by atoms with E-state index in [2.05, 4.69) is 26.1 Å². The van der Waals surface area contributed by atoms with Gasteiger partial charge in [0.2, 0.25) is 0 Å². The molecule has 1 fully saturated rings. The Morgan fingerprint density at radius 3 is 3.00 bits per heavy atom. The first-order chi connectivity index (χ1) is 10.4. The van der Waals surface area contributed by atoms with Crippen molar-refractivity contribution in [3.63, 3.8) is 0 Å². The molecule has 0 aliphatic carbocycles. The van der Waals surface area contributed by atoms with Crippen molar-refractivity contribution < 1.29 is 9.53 Å². The van der Waals surface area contributed by atoms with E-state index in [1.807, 2.05) is 20.8 Å². The predicted octanol–water partition coefficient (Wildman–Crippen LogP) is 1.99. The number of aromatic amines is 1. The third kappa shape index (κ3) is 5.65. The average Bonchev–Trinajstić information content (AvgIpc) is 2.69. The summed E-state index contributed by atoms with van der Waals surface area (Å²) in [5.41, 5.74) is 0.415. The Hall–Kier alpha value is -1.60. The summed E-state index contributed by atoms with van der Waals surface area (Å²) in [7, 11) is 0. The van der Waals surface area contributed by atoms with Crippen molar-refractivity contribution in [3.8, 4) is 0 Å². The molecule has 22 heavy (non-hydrogen) atoms. The molecule has 1 amide bonds. The highest BCUT2D eigenvalue weighted by Gasteiger charge is 2.18. The molecule has 1 saturated heterocycles. The van der Waals surface area contributed by atoms with Crippen molar-refractivity contribution in [1.82, 2.24) is 20.8 Å². The largest absolute Gasteiger partial charge is 0.444 e. The van der Waals surface area contributed by atoms with Crippen LogP contribution < -0.4 is 16.0 Å². The number of anilines is 1. The van der Waals surface area contributed by atoms with Crippen LogP contribution in [0.3, 0.4) is 0 Å². The fraction of sp³-hybridized carbons (Fsp3) is 0.733. The van der Waals surface area contributed by atoms with E-state index in [4.69, 9.17) is 4.74 Å². The summed E-state index contributed by atoms with van der Waals surface area (Å²) in [6.07, 6.45) is 4.73. The third-order valence-corrected chi connectivity index (χ3v) is 3.50. The Balaban J connectivity index is 1.85. The van der Waals surface area contributed by atoms with E-state index in [1.165, 1.54) is 12.8 Å². The molecule has 1 aliphatic rings. The molecule has 2 heterocycles. The van der Waals surface area contributed by atoms with Gasteiger partial charge in [-0.2, -0.15) is 5.10 Å². The van der Waals surface area contributed by atoms with Crippen LogP contribution in [0, 0.1) is 0 Å². The molecule has 0 spiro atoms. The van der Waals surface area contributed by atoms with Gasteiger partial charge in [0.05, 0.1) is 6.20 Å². The molecule has 7 heteroatoms. The number of carbonyl (C=O) groups excluding carboxylic acids is 1. The number of rotatable bonds is 4. The number of hydrogen-bond acceptors (Lipinski definition) is 5. The van der Waals surface area contributed by atoms with Crippen molar-refractivity contribution >= 4 is 11.9 Å². The van der Waals surface area contributed by atoms with Crippen LogP contribution >= 0.6 is 0 Å². The lowest BCUT2D eigenvalue weighted by Gasteiger charge is -2.20. The van der Waals surface area contributed by atoms with Crippen molar-refractivity contribution in [2.24, 2.45) is 0 Å². The van der Waals surface area contributed by atoms with Crippen LogP contribution in [-0.2, 0) is 11.3 Å². The fourth-order valence-corrected chi connectivity index (χ4v) is 2.44. The molecular weight excluding hydrogens is 282 g/mol. The molecule has 0 radical (unpaired) electrons. The normalized spacial score (nSPS) is 19.5. The minimum Gasteiger partial charge on any atom is -0.444 e. The smallest absolute Gasteiger partial charge is 0.413 e. The van der Waals surface area contributed by atoms with Gasteiger partial charge in [0.15, 0.2) is 0 Å². The van der Waals surface area contributed by atoms with Crippen LogP contribution in [0.25, 0.3) is 0 Å².